The number of hydrogen-bond acceptors (Lipinski definition) is 8. The molecule has 1 atom stereocenters. The summed E-state index contributed by atoms with van der Waals surface area (Å²) in [5, 5.41) is 11.3. The fourth-order valence-electron chi connectivity index (χ4n) is 5.07. The maximum absolute atomic E-state index is 13.4. The molecule has 0 saturated heterocycles. The molecule has 4 rings (SSSR count). The van der Waals surface area contributed by atoms with Gasteiger partial charge in [-0.15, -0.1) is 0 Å². The lowest BCUT2D eigenvalue weighted by Gasteiger charge is -2.19. The number of fused-ring (bicyclic) bond motifs is 3. The Balaban J connectivity index is 1.68. The molecule has 3 aromatic carbocycles. The van der Waals surface area contributed by atoms with Gasteiger partial charge in [-0.3, -0.25) is 19.2 Å². The second-order valence-electron chi connectivity index (χ2n) is 9.76. The van der Waals surface area contributed by atoms with E-state index in [0.717, 1.165) is 11.1 Å². The number of carbonyl (C=O) groups excluding carboxylic acids is 3. The quantitative estimate of drug-likeness (QED) is 0.302. The van der Waals surface area contributed by atoms with Gasteiger partial charge in [-0.05, 0) is 72.0 Å². The van der Waals surface area contributed by atoms with Gasteiger partial charge in [0.2, 0.25) is 28.9 Å². The summed E-state index contributed by atoms with van der Waals surface area (Å²) in [6.45, 7) is 2.68. The predicted octanol–water partition coefficient (Wildman–Crippen LogP) is 3.87. The Kier molecular flexibility index (Phi) is 9.31. The zero-order chi connectivity index (χ0) is 30.4. The van der Waals surface area contributed by atoms with Crippen LogP contribution in [0.3, 0.4) is 0 Å². The second-order valence-corrected chi connectivity index (χ2v) is 9.76. The Morgan fingerprint density at radius 1 is 0.833 bits per heavy atom. The van der Waals surface area contributed by atoms with Crippen molar-refractivity contribution in [2.75, 3.05) is 43.8 Å². The lowest BCUT2D eigenvalue weighted by molar-refractivity contribution is -0.120. The molecule has 1 aliphatic rings. The van der Waals surface area contributed by atoms with Crippen molar-refractivity contribution in [2.45, 2.75) is 32.7 Å². The lowest BCUT2D eigenvalue weighted by Crippen LogP contribution is -2.27. The molecule has 0 fully saturated rings. The van der Waals surface area contributed by atoms with Crippen molar-refractivity contribution in [2.24, 2.45) is 0 Å². The van der Waals surface area contributed by atoms with Crippen molar-refractivity contribution in [1.29, 1.82) is 0 Å². The molecule has 3 aromatic rings. The van der Waals surface area contributed by atoms with Crippen molar-refractivity contribution in [3.8, 4) is 28.4 Å². The molecule has 11 heteroatoms. The fourth-order valence-corrected chi connectivity index (χ4v) is 5.07. The van der Waals surface area contributed by atoms with Crippen LogP contribution in [-0.4, -0.2) is 45.6 Å². The van der Waals surface area contributed by atoms with E-state index in [1.165, 1.54) is 34.1 Å². The second kappa shape index (κ2) is 13.1. The number of aryl methyl sites for hydroxylation is 1. The molecular formula is C31H34N4O7. The molecule has 4 N–H and O–H groups in total. The van der Waals surface area contributed by atoms with E-state index in [-0.39, 0.29) is 35.4 Å². The molecule has 0 unspecified atom stereocenters. The van der Waals surface area contributed by atoms with E-state index in [9.17, 15) is 19.2 Å². The summed E-state index contributed by atoms with van der Waals surface area (Å²) in [5.41, 5.74) is 3.97. The zero-order valence-corrected chi connectivity index (χ0v) is 24.2. The number of nitrogens with one attached hydrogen (secondary N) is 4. The Morgan fingerprint density at radius 3 is 2.10 bits per heavy atom. The first-order valence-electron chi connectivity index (χ1n) is 13.3. The first kappa shape index (κ1) is 29.9. The monoisotopic (exact) mass is 574 g/mol. The van der Waals surface area contributed by atoms with Crippen LogP contribution in [0.15, 0.2) is 53.3 Å². The number of benzene rings is 2. The summed E-state index contributed by atoms with van der Waals surface area (Å²) in [6.07, 6.45) is 1.12. The highest BCUT2D eigenvalue weighted by Crippen LogP contribution is 2.50. The Hall–Kier alpha value is -5.06. The predicted molar refractivity (Wildman–Crippen MR) is 161 cm³/mol. The highest BCUT2D eigenvalue weighted by atomic mass is 16.5. The highest BCUT2D eigenvalue weighted by Gasteiger charge is 2.29. The van der Waals surface area contributed by atoms with E-state index in [4.69, 9.17) is 14.2 Å². The maximum Gasteiger partial charge on any atom is 0.243 e. The first-order valence-corrected chi connectivity index (χ1v) is 13.3. The number of carbonyl (C=O) groups is 3. The summed E-state index contributed by atoms with van der Waals surface area (Å²) in [6, 6.07) is 13.0. The molecule has 11 nitrogen and oxygen atoms in total. The van der Waals surface area contributed by atoms with Gasteiger partial charge in [0.05, 0.1) is 39.6 Å². The standard InChI is InChI=1S/C31H34N4O7/c1-17(36)33-20-7-9-21(10-8-20)35-28(39)16-32-25-13-11-22-23(15-26(25)38)24(34-18(2)37)12-6-19-14-27(40-3)30(41-4)31(42-5)29(19)22/h7-11,13-15,24H,6,12,16H2,1-5H3,(H,32,38)(H,33,36)(H,34,37)(H,35,39)/t24-/m0/s1. The van der Waals surface area contributed by atoms with Crippen molar-refractivity contribution in [3.05, 3.63) is 69.9 Å². The summed E-state index contributed by atoms with van der Waals surface area (Å²) in [5.74, 6) is 0.593. The maximum atomic E-state index is 13.4. The van der Waals surface area contributed by atoms with Crippen LogP contribution in [-0.2, 0) is 20.8 Å². The van der Waals surface area contributed by atoms with E-state index >= 15 is 0 Å². The van der Waals surface area contributed by atoms with E-state index in [0.29, 0.717) is 52.6 Å². The normalized spacial score (nSPS) is 13.4. The van der Waals surface area contributed by atoms with Gasteiger partial charge in [0.1, 0.15) is 0 Å². The van der Waals surface area contributed by atoms with Gasteiger partial charge in [0.15, 0.2) is 11.5 Å². The van der Waals surface area contributed by atoms with Crippen molar-refractivity contribution in [1.82, 2.24) is 5.32 Å². The number of amides is 3. The minimum absolute atomic E-state index is 0.169. The Morgan fingerprint density at radius 2 is 1.50 bits per heavy atom. The van der Waals surface area contributed by atoms with Crippen LogP contribution in [0.2, 0.25) is 0 Å². The molecule has 1 aliphatic carbocycles. The SMILES string of the molecule is COc1cc2c(c(OC)c1OC)-c1ccc(NCC(=O)Nc3ccc(NC(C)=O)cc3)c(=O)cc1[C@@H](NC(C)=O)CC2. The molecular weight excluding hydrogens is 540 g/mol. The van der Waals surface area contributed by atoms with Gasteiger partial charge in [-0.2, -0.15) is 0 Å². The first-order chi connectivity index (χ1) is 20.1. The summed E-state index contributed by atoms with van der Waals surface area (Å²) in [7, 11) is 4.61. The number of hydrogen-bond donors (Lipinski definition) is 4. The molecule has 0 radical (unpaired) electrons. The molecule has 0 spiro atoms. The lowest BCUT2D eigenvalue weighted by atomic mass is 9.95. The molecule has 0 aliphatic heterocycles. The van der Waals surface area contributed by atoms with Gasteiger partial charge in [-0.25, -0.2) is 0 Å². The van der Waals surface area contributed by atoms with Crippen LogP contribution >= 0.6 is 0 Å². The zero-order valence-electron chi connectivity index (χ0n) is 24.2. The van der Waals surface area contributed by atoms with E-state index in [1.54, 1.807) is 43.5 Å². The average molecular weight is 575 g/mol. The fraction of sp³-hybridized carbons (Fsp3) is 0.290. The van der Waals surface area contributed by atoms with Crippen LogP contribution in [0.5, 0.6) is 17.2 Å². The van der Waals surface area contributed by atoms with Crippen LogP contribution in [0.4, 0.5) is 17.1 Å². The summed E-state index contributed by atoms with van der Waals surface area (Å²) >= 11 is 0. The number of rotatable bonds is 9. The molecule has 0 heterocycles. The molecule has 220 valence electrons. The molecule has 0 saturated carbocycles. The Labute approximate surface area is 243 Å². The van der Waals surface area contributed by atoms with Crippen molar-refractivity contribution in [3.63, 3.8) is 0 Å². The Bertz CT molecular complexity index is 1570. The average Bonchev–Trinajstić information content (AvgIpc) is 3.19. The van der Waals surface area contributed by atoms with Crippen molar-refractivity contribution < 1.29 is 28.6 Å². The number of ether oxygens (including phenoxy) is 3. The topological polar surface area (TPSA) is 144 Å². The summed E-state index contributed by atoms with van der Waals surface area (Å²) in [4.78, 5) is 49.4. The number of anilines is 3. The van der Waals surface area contributed by atoms with Crippen LogP contribution < -0.4 is 40.9 Å². The minimum Gasteiger partial charge on any atom is -0.493 e. The third-order valence-corrected chi connectivity index (χ3v) is 6.84. The molecule has 42 heavy (non-hydrogen) atoms. The largest absolute Gasteiger partial charge is 0.493 e. The molecule has 3 amide bonds. The van der Waals surface area contributed by atoms with Crippen molar-refractivity contribution >= 4 is 34.8 Å². The summed E-state index contributed by atoms with van der Waals surface area (Å²) < 4.78 is 17.0. The van der Waals surface area contributed by atoms with Gasteiger partial charge in [0.25, 0.3) is 0 Å². The van der Waals surface area contributed by atoms with E-state index < -0.39 is 6.04 Å². The van der Waals surface area contributed by atoms with Gasteiger partial charge < -0.3 is 35.5 Å². The molecule has 0 aromatic heterocycles. The minimum atomic E-state index is -0.441. The van der Waals surface area contributed by atoms with Gasteiger partial charge in [0, 0.05) is 30.8 Å². The number of methoxy groups -OCH3 is 3. The third-order valence-electron chi connectivity index (χ3n) is 6.84. The highest BCUT2D eigenvalue weighted by molar-refractivity contribution is 5.94. The van der Waals surface area contributed by atoms with Crippen LogP contribution in [0.25, 0.3) is 11.1 Å². The van der Waals surface area contributed by atoms with Gasteiger partial charge in [-0.1, -0.05) is 6.07 Å². The van der Waals surface area contributed by atoms with E-state index in [1.807, 2.05) is 6.07 Å². The van der Waals surface area contributed by atoms with Crippen LogP contribution in [0.1, 0.15) is 37.4 Å². The van der Waals surface area contributed by atoms with E-state index in [2.05, 4.69) is 21.3 Å². The van der Waals surface area contributed by atoms with Crippen LogP contribution in [0, 0.1) is 0 Å². The van der Waals surface area contributed by atoms with Gasteiger partial charge >= 0.3 is 0 Å². The smallest absolute Gasteiger partial charge is 0.243 e. The third kappa shape index (κ3) is 6.63. The molecule has 0 bridgehead atoms.